The van der Waals surface area contributed by atoms with Gasteiger partial charge in [-0.3, -0.25) is 4.79 Å². The fourth-order valence-corrected chi connectivity index (χ4v) is 4.04. The van der Waals surface area contributed by atoms with E-state index >= 15 is 0 Å². The molecular formula is C14H15ClN4O3S2. The van der Waals surface area contributed by atoms with Crippen LogP contribution in [0.2, 0.25) is 5.02 Å². The van der Waals surface area contributed by atoms with E-state index in [1.165, 1.54) is 35.6 Å². The van der Waals surface area contributed by atoms with E-state index in [0.717, 1.165) is 17.8 Å². The highest BCUT2D eigenvalue weighted by Crippen LogP contribution is 2.42. The highest BCUT2D eigenvalue weighted by atomic mass is 35.5. The third-order valence-electron chi connectivity index (χ3n) is 3.38. The molecule has 0 bridgehead atoms. The number of hydrogen-bond acceptors (Lipinski definition) is 6. The standard InChI is InChI=1S/C14H15ClN4O3S2/c15-10-3-5-11(6-4-10)24(21,22)16-8-7-12(20)17-14-19-18-13(23-14)9-1-2-9/h3-6,9,16H,1-2,7-8H2,(H,17,19,20). The summed E-state index contributed by atoms with van der Waals surface area (Å²) in [5.74, 6) is 0.173. The predicted molar refractivity (Wildman–Crippen MR) is 91.8 cm³/mol. The van der Waals surface area contributed by atoms with Gasteiger partial charge in [-0.15, -0.1) is 10.2 Å². The van der Waals surface area contributed by atoms with Crippen molar-refractivity contribution >= 4 is 44.0 Å². The molecule has 0 aliphatic heterocycles. The summed E-state index contributed by atoms with van der Waals surface area (Å²) >= 11 is 7.10. The lowest BCUT2D eigenvalue weighted by atomic mass is 10.4. The molecule has 1 amide bonds. The maximum atomic E-state index is 12.1. The van der Waals surface area contributed by atoms with Crippen molar-refractivity contribution in [3.05, 3.63) is 34.3 Å². The molecule has 0 spiro atoms. The summed E-state index contributed by atoms with van der Waals surface area (Å²) in [6.45, 7) is -0.00885. The number of nitrogens with one attached hydrogen (secondary N) is 2. The van der Waals surface area contributed by atoms with Crippen molar-refractivity contribution in [3.8, 4) is 0 Å². The number of amides is 1. The second-order valence-electron chi connectivity index (χ2n) is 5.37. The van der Waals surface area contributed by atoms with Gasteiger partial charge in [0.25, 0.3) is 0 Å². The van der Waals surface area contributed by atoms with Crippen LogP contribution in [-0.2, 0) is 14.8 Å². The number of hydrogen-bond donors (Lipinski definition) is 2. The number of sulfonamides is 1. The molecule has 0 unspecified atom stereocenters. The predicted octanol–water partition coefficient (Wildman–Crippen LogP) is 2.38. The van der Waals surface area contributed by atoms with E-state index in [9.17, 15) is 13.2 Å². The zero-order valence-corrected chi connectivity index (χ0v) is 14.9. The topological polar surface area (TPSA) is 101 Å². The average Bonchev–Trinajstić information content (AvgIpc) is 3.28. The first kappa shape index (κ1) is 17.3. The molecule has 1 aromatic heterocycles. The lowest BCUT2D eigenvalue weighted by molar-refractivity contribution is -0.116. The van der Waals surface area contributed by atoms with Crippen molar-refractivity contribution in [2.75, 3.05) is 11.9 Å². The van der Waals surface area contributed by atoms with Crippen LogP contribution in [0.1, 0.15) is 30.2 Å². The van der Waals surface area contributed by atoms with Crippen LogP contribution in [0.5, 0.6) is 0 Å². The second-order valence-corrected chi connectivity index (χ2v) is 8.58. The van der Waals surface area contributed by atoms with E-state index in [0.29, 0.717) is 16.1 Å². The van der Waals surface area contributed by atoms with Gasteiger partial charge in [0, 0.05) is 23.9 Å². The molecule has 0 radical (unpaired) electrons. The van der Waals surface area contributed by atoms with Gasteiger partial charge in [0.1, 0.15) is 5.01 Å². The molecule has 1 aromatic carbocycles. The molecule has 0 atom stereocenters. The SMILES string of the molecule is O=C(CCNS(=O)(=O)c1ccc(Cl)cc1)Nc1nnc(C2CC2)s1. The fourth-order valence-electron chi connectivity index (χ4n) is 1.96. The van der Waals surface area contributed by atoms with Gasteiger partial charge in [-0.05, 0) is 37.1 Å². The smallest absolute Gasteiger partial charge is 0.240 e. The van der Waals surface area contributed by atoms with Crippen molar-refractivity contribution in [1.29, 1.82) is 0 Å². The number of rotatable bonds is 7. The molecule has 2 N–H and O–H groups in total. The van der Waals surface area contributed by atoms with Gasteiger partial charge in [0.2, 0.25) is 21.1 Å². The molecule has 1 heterocycles. The zero-order valence-electron chi connectivity index (χ0n) is 12.5. The number of aromatic nitrogens is 2. The van der Waals surface area contributed by atoms with E-state index in [2.05, 4.69) is 20.2 Å². The van der Waals surface area contributed by atoms with Crippen molar-refractivity contribution in [1.82, 2.24) is 14.9 Å². The first-order chi connectivity index (χ1) is 11.4. The van der Waals surface area contributed by atoms with E-state index < -0.39 is 10.0 Å². The molecule has 1 saturated carbocycles. The summed E-state index contributed by atoms with van der Waals surface area (Å²) < 4.78 is 26.5. The molecule has 2 aromatic rings. The molecule has 128 valence electrons. The third kappa shape index (κ3) is 4.50. The summed E-state index contributed by atoms with van der Waals surface area (Å²) in [6, 6.07) is 5.81. The van der Waals surface area contributed by atoms with Gasteiger partial charge in [0.15, 0.2) is 0 Å². The number of anilines is 1. The number of carbonyl (C=O) groups is 1. The molecule has 1 aliphatic rings. The quantitative estimate of drug-likeness (QED) is 0.760. The van der Waals surface area contributed by atoms with Gasteiger partial charge in [0.05, 0.1) is 4.90 Å². The maximum Gasteiger partial charge on any atom is 0.240 e. The summed E-state index contributed by atoms with van der Waals surface area (Å²) in [6.07, 6.45) is 2.25. The van der Waals surface area contributed by atoms with E-state index in [1.807, 2.05) is 0 Å². The Balaban J connectivity index is 1.47. The molecule has 10 heteroatoms. The van der Waals surface area contributed by atoms with Gasteiger partial charge in [-0.1, -0.05) is 22.9 Å². The van der Waals surface area contributed by atoms with Crippen LogP contribution in [0.15, 0.2) is 29.2 Å². The van der Waals surface area contributed by atoms with E-state index in [-0.39, 0.29) is 23.8 Å². The fraction of sp³-hybridized carbons (Fsp3) is 0.357. The summed E-state index contributed by atoms with van der Waals surface area (Å²) in [5.41, 5.74) is 0. The minimum Gasteiger partial charge on any atom is -0.300 e. The first-order valence-corrected chi connectivity index (χ1v) is 10.0. The number of halogens is 1. The monoisotopic (exact) mass is 386 g/mol. The van der Waals surface area contributed by atoms with Gasteiger partial charge in [-0.2, -0.15) is 0 Å². The average molecular weight is 387 g/mol. The van der Waals surface area contributed by atoms with Gasteiger partial charge >= 0.3 is 0 Å². The number of carbonyl (C=O) groups excluding carboxylic acids is 1. The molecule has 1 fully saturated rings. The van der Waals surface area contributed by atoms with Crippen LogP contribution in [0.3, 0.4) is 0 Å². The van der Waals surface area contributed by atoms with Crippen LogP contribution in [0.4, 0.5) is 5.13 Å². The molecule has 1 aliphatic carbocycles. The van der Waals surface area contributed by atoms with Crippen molar-refractivity contribution in [3.63, 3.8) is 0 Å². The van der Waals surface area contributed by atoms with Crippen molar-refractivity contribution in [2.45, 2.75) is 30.1 Å². The Morgan fingerprint density at radius 2 is 1.96 bits per heavy atom. The Hall–Kier alpha value is -1.55. The largest absolute Gasteiger partial charge is 0.300 e. The summed E-state index contributed by atoms with van der Waals surface area (Å²) in [5, 5.41) is 12.4. The lowest BCUT2D eigenvalue weighted by Gasteiger charge is -2.06. The normalized spacial score (nSPS) is 14.5. The highest BCUT2D eigenvalue weighted by molar-refractivity contribution is 7.89. The lowest BCUT2D eigenvalue weighted by Crippen LogP contribution is -2.27. The third-order valence-corrected chi connectivity index (χ3v) is 6.11. The summed E-state index contributed by atoms with van der Waals surface area (Å²) in [7, 11) is -3.66. The molecule has 0 saturated heterocycles. The number of nitrogens with zero attached hydrogens (tertiary/aromatic N) is 2. The Bertz CT molecular complexity index is 832. The second kappa shape index (κ2) is 7.14. The van der Waals surface area contributed by atoms with E-state index in [4.69, 9.17) is 11.6 Å². The van der Waals surface area contributed by atoms with Crippen LogP contribution in [0.25, 0.3) is 0 Å². The zero-order chi connectivity index (χ0) is 17.2. The van der Waals surface area contributed by atoms with Crippen LogP contribution in [0, 0.1) is 0 Å². The van der Waals surface area contributed by atoms with E-state index in [1.54, 1.807) is 0 Å². The highest BCUT2D eigenvalue weighted by Gasteiger charge is 2.27. The molecular weight excluding hydrogens is 372 g/mol. The van der Waals surface area contributed by atoms with Crippen molar-refractivity contribution < 1.29 is 13.2 Å². The first-order valence-electron chi connectivity index (χ1n) is 7.32. The van der Waals surface area contributed by atoms with Crippen LogP contribution >= 0.6 is 22.9 Å². The molecule has 7 nitrogen and oxygen atoms in total. The van der Waals surface area contributed by atoms with Crippen molar-refractivity contribution in [2.24, 2.45) is 0 Å². The Kier molecular flexibility index (Phi) is 5.14. The number of benzene rings is 1. The Labute approximate surface area is 148 Å². The van der Waals surface area contributed by atoms with Crippen LogP contribution < -0.4 is 10.0 Å². The molecule has 3 rings (SSSR count). The minimum atomic E-state index is -3.66. The maximum absolute atomic E-state index is 12.1. The van der Waals surface area contributed by atoms with Gasteiger partial charge in [-0.25, -0.2) is 13.1 Å². The van der Waals surface area contributed by atoms with Crippen LogP contribution in [-0.4, -0.2) is 31.1 Å². The Morgan fingerprint density at radius 1 is 1.25 bits per heavy atom. The summed E-state index contributed by atoms with van der Waals surface area (Å²) in [4.78, 5) is 12.0. The minimum absolute atomic E-state index is 0.00512. The Morgan fingerprint density at radius 3 is 2.62 bits per heavy atom. The molecule has 24 heavy (non-hydrogen) atoms. The van der Waals surface area contributed by atoms with Gasteiger partial charge < -0.3 is 5.32 Å².